The molecule has 0 bridgehead atoms. The average molecular weight is 458 g/mol. The van der Waals surface area contributed by atoms with E-state index >= 15 is 0 Å². The van der Waals surface area contributed by atoms with Gasteiger partial charge in [-0.2, -0.15) is 0 Å². The van der Waals surface area contributed by atoms with E-state index in [0.717, 1.165) is 38.6 Å². The smallest absolute Gasteiger partial charge is 0.191 e. The van der Waals surface area contributed by atoms with Crippen LogP contribution in [0.3, 0.4) is 0 Å². The van der Waals surface area contributed by atoms with Gasteiger partial charge < -0.3 is 15.4 Å². The number of aliphatic imine (C=N–C) groups is 1. The van der Waals surface area contributed by atoms with E-state index in [9.17, 15) is 0 Å². The van der Waals surface area contributed by atoms with Crippen LogP contribution in [0, 0.1) is 0 Å². The van der Waals surface area contributed by atoms with Crippen molar-refractivity contribution in [3.05, 3.63) is 35.4 Å². The molecule has 0 aromatic heterocycles. The van der Waals surface area contributed by atoms with Crippen molar-refractivity contribution in [1.29, 1.82) is 0 Å². The van der Waals surface area contributed by atoms with Crippen molar-refractivity contribution in [2.45, 2.75) is 44.9 Å². The molecule has 0 saturated carbocycles. The summed E-state index contributed by atoms with van der Waals surface area (Å²) in [6, 6.07) is 8.92. The summed E-state index contributed by atoms with van der Waals surface area (Å²) in [7, 11) is 1.81. The minimum Gasteiger partial charge on any atom is -0.376 e. The third-order valence-electron chi connectivity index (χ3n) is 4.83. The van der Waals surface area contributed by atoms with Crippen LogP contribution < -0.4 is 10.6 Å². The normalized spacial score (nSPS) is 21.2. The van der Waals surface area contributed by atoms with Crippen LogP contribution in [-0.2, 0) is 17.8 Å². The SMILES string of the molecule is CN=C(NCc1ccc(CN2CCCC2)cc1)NCC1CCCO1.I. The Bertz CT molecular complexity index is 523. The standard InChI is InChI=1S/C19H30N4O.HI/c1-20-19(22-14-18-5-4-12-24-18)21-13-16-6-8-17(9-7-16)15-23-10-2-3-11-23;/h6-9,18H,2-5,10-15H2,1H3,(H2,20,21,22);1H. The van der Waals surface area contributed by atoms with Gasteiger partial charge in [-0.05, 0) is 49.9 Å². The van der Waals surface area contributed by atoms with Gasteiger partial charge in [0.15, 0.2) is 5.96 Å². The molecule has 0 radical (unpaired) electrons. The number of likely N-dealkylation sites (tertiary alicyclic amines) is 1. The van der Waals surface area contributed by atoms with Gasteiger partial charge in [0.05, 0.1) is 6.10 Å². The number of hydrogen-bond acceptors (Lipinski definition) is 3. The van der Waals surface area contributed by atoms with Gasteiger partial charge in [0, 0.05) is 33.3 Å². The molecule has 1 aromatic rings. The maximum atomic E-state index is 5.63. The minimum atomic E-state index is 0. The van der Waals surface area contributed by atoms with Crippen molar-refractivity contribution >= 4 is 29.9 Å². The third-order valence-corrected chi connectivity index (χ3v) is 4.83. The fourth-order valence-electron chi connectivity index (χ4n) is 3.38. The molecule has 1 unspecified atom stereocenters. The quantitative estimate of drug-likeness (QED) is 0.391. The zero-order valence-electron chi connectivity index (χ0n) is 15.2. The molecule has 3 rings (SSSR count). The summed E-state index contributed by atoms with van der Waals surface area (Å²) in [5, 5.41) is 6.72. The summed E-state index contributed by atoms with van der Waals surface area (Å²) >= 11 is 0. The van der Waals surface area contributed by atoms with E-state index < -0.39 is 0 Å². The highest BCUT2D eigenvalue weighted by Gasteiger charge is 2.15. The first-order valence-corrected chi connectivity index (χ1v) is 9.20. The number of benzene rings is 1. The first-order valence-electron chi connectivity index (χ1n) is 9.20. The van der Waals surface area contributed by atoms with Crippen molar-refractivity contribution in [3.8, 4) is 0 Å². The lowest BCUT2D eigenvalue weighted by molar-refractivity contribution is 0.114. The van der Waals surface area contributed by atoms with Gasteiger partial charge >= 0.3 is 0 Å². The molecule has 25 heavy (non-hydrogen) atoms. The van der Waals surface area contributed by atoms with Crippen LogP contribution in [0.2, 0.25) is 0 Å². The Hall–Kier alpha value is -0.860. The molecule has 1 aromatic carbocycles. The summed E-state index contributed by atoms with van der Waals surface area (Å²) in [5.41, 5.74) is 2.68. The summed E-state index contributed by atoms with van der Waals surface area (Å²) in [5.74, 6) is 0.839. The van der Waals surface area contributed by atoms with Crippen LogP contribution in [0.15, 0.2) is 29.3 Å². The average Bonchev–Trinajstić information content (AvgIpc) is 3.30. The van der Waals surface area contributed by atoms with Crippen molar-refractivity contribution in [2.75, 3.05) is 33.3 Å². The summed E-state index contributed by atoms with van der Waals surface area (Å²) < 4.78 is 5.63. The number of nitrogens with one attached hydrogen (secondary N) is 2. The zero-order valence-corrected chi connectivity index (χ0v) is 17.5. The number of nitrogens with zero attached hydrogens (tertiary/aromatic N) is 2. The Kier molecular flexibility index (Phi) is 8.98. The van der Waals surface area contributed by atoms with E-state index in [0.29, 0.717) is 6.10 Å². The molecular weight excluding hydrogens is 427 g/mol. The third kappa shape index (κ3) is 6.75. The number of guanidine groups is 1. The molecule has 2 N–H and O–H groups in total. The van der Waals surface area contributed by atoms with E-state index in [1.54, 1.807) is 0 Å². The fourth-order valence-corrected chi connectivity index (χ4v) is 3.38. The molecule has 0 aliphatic carbocycles. The Morgan fingerprint density at radius 1 is 1.12 bits per heavy atom. The van der Waals surface area contributed by atoms with Crippen LogP contribution in [0.1, 0.15) is 36.8 Å². The predicted molar refractivity (Wildman–Crippen MR) is 114 cm³/mol. The summed E-state index contributed by atoms with van der Waals surface area (Å²) in [6.07, 6.45) is 5.33. The molecule has 0 amide bonds. The predicted octanol–water partition coefficient (Wildman–Crippen LogP) is 2.74. The van der Waals surface area contributed by atoms with Crippen molar-refractivity contribution in [2.24, 2.45) is 4.99 Å². The topological polar surface area (TPSA) is 48.9 Å². The summed E-state index contributed by atoms with van der Waals surface area (Å²) in [6.45, 7) is 6.08. The number of hydrogen-bond donors (Lipinski definition) is 2. The van der Waals surface area contributed by atoms with E-state index in [-0.39, 0.29) is 24.0 Å². The molecular formula is C19H31IN4O. The molecule has 1 atom stereocenters. The van der Waals surface area contributed by atoms with E-state index in [4.69, 9.17) is 4.74 Å². The monoisotopic (exact) mass is 458 g/mol. The van der Waals surface area contributed by atoms with Gasteiger partial charge in [0.25, 0.3) is 0 Å². The van der Waals surface area contributed by atoms with Crippen LogP contribution in [-0.4, -0.2) is 50.3 Å². The second-order valence-electron chi connectivity index (χ2n) is 6.74. The Balaban J connectivity index is 0.00000225. The van der Waals surface area contributed by atoms with Crippen LogP contribution in [0.25, 0.3) is 0 Å². The summed E-state index contributed by atoms with van der Waals surface area (Å²) in [4.78, 5) is 6.81. The molecule has 2 aliphatic heterocycles. The Morgan fingerprint density at radius 3 is 2.48 bits per heavy atom. The molecule has 2 heterocycles. The highest BCUT2D eigenvalue weighted by Crippen LogP contribution is 2.13. The Labute approximate surface area is 168 Å². The van der Waals surface area contributed by atoms with E-state index in [1.807, 2.05) is 7.05 Å². The lowest BCUT2D eigenvalue weighted by atomic mass is 10.1. The van der Waals surface area contributed by atoms with Crippen molar-refractivity contribution < 1.29 is 4.74 Å². The second-order valence-corrected chi connectivity index (χ2v) is 6.74. The molecule has 140 valence electrons. The first-order chi connectivity index (χ1) is 11.8. The minimum absolute atomic E-state index is 0. The lowest BCUT2D eigenvalue weighted by Crippen LogP contribution is -2.40. The molecule has 5 nitrogen and oxygen atoms in total. The van der Waals surface area contributed by atoms with Gasteiger partial charge in [-0.1, -0.05) is 24.3 Å². The highest BCUT2D eigenvalue weighted by molar-refractivity contribution is 14.0. The van der Waals surface area contributed by atoms with E-state index in [1.165, 1.54) is 43.5 Å². The number of ether oxygens (including phenoxy) is 1. The van der Waals surface area contributed by atoms with Crippen LogP contribution in [0.4, 0.5) is 0 Å². The van der Waals surface area contributed by atoms with Crippen LogP contribution in [0.5, 0.6) is 0 Å². The first kappa shape index (κ1) is 20.5. The van der Waals surface area contributed by atoms with Gasteiger partial charge in [0.1, 0.15) is 0 Å². The number of rotatable bonds is 6. The van der Waals surface area contributed by atoms with Gasteiger partial charge in [-0.3, -0.25) is 9.89 Å². The molecule has 2 fully saturated rings. The lowest BCUT2D eigenvalue weighted by Gasteiger charge is -2.16. The largest absolute Gasteiger partial charge is 0.376 e. The molecule has 2 aliphatic rings. The van der Waals surface area contributed by atoms with Gasteiger partial charge in [0.2, 0.25) is 0 Å². The molecule has 2 saturated heterocycles. The number of halogens is 1. The maximum Gasteiger partial charge on any atom is 0.191 e. The maximum absolute atomic E-state index is 5.63. The van der Waals surface area contributed by atoms with Crippen LogP contribution >= 0.6 is 24.0 Å². The van der Waals surface area contributed by atoms with Crippen molar-refractivity contribution in [1.82, 2.24) is 15.5 Å². The zero-order chi connectivity index (χ0) is 16.6. The molecule has 6 heteroatoms. The highest BCUT2D eigenvalue weighted by atomic mass is 127. The Morgan fingerprint density at radius 2 is 1.84 bits per heavy atom. The van der Waals surface area contributed by atoms with Gasteiger partial charge in [-0.15, -0.1) is 24.0 Å². The fraction of sp³-hybridized carbons (Fsp3) is 0.632. The van der Waals surface area contributed by atoms with E-state index in [2.05, 4.69) is 44.8 Å². The second kappa shape index (κ2) is 11.0. The molecule has 0 spiro atoms. The van der Waals surface area contributed by atoms with Gasteiger partial charge in [-0.25, -0.2) is 0 Å². The van der Waals surface area contributed by atoms with Crippen molar-refractivity contribution in [3.63, 3.8) is 0 Å².